The van der Waals surface area contributed by atoms with E-state index in [1.54, 1.807) is 17.0 Å². The summed E-state index contributed by atoms with van der Waals surface area (Å²) in [5, 5.41) is 8.22. The molecule has 0 atom stereocenters. The van der Waals surface area contributed by atoms with Crippen LogP contribution in [0.15, 0.2) is 61.1 Å². The van der Waals surface area contributed by atoms with Crippen LogP contribution in [0, 0.1) is 6.92 Å². The summed E-state index contributed by atoms with van der Waals surface area (Å²) in [7, 11) is 0. The van der Waals surface area contributed by atoms with Gasteiger partial charge in [0.2, 0.25) is 0 Å². The molecule has 0 fully saturated rings. The molecule has 1 aromatic carbocycles. The lowest BCUT2D eigenvalue weighted by molar-refractivity contribution is 0.0994. The molecule has 0 saturated heterocycles. The molecule has 1 amide bonds. The topological polar surface area (TPSA) is 91.6 Å². The van der Waals surface area contributed by atoms with Crippen LogP contribution < -0.4 is 5.73 Å². The van der Waals surface area contributed by atoms with Crippen LogP contribution in [0.3, 0.4) is 0 Å². The molecule has 3 aromatic heterocycles. The van der Waals surface area contributed by atoms with Crippen molar-refractivity contribution < 1.29 is 4.79 Å². The highest BCUT2D eigenvalue weighted by atomic mass is 16.1. The fraction of sp³-hybridized carbons (Fsp3) is 0.182. The van der Waals surface area contributed by atoms with E-state index in [1.807, 2.05) is 60.2 Å². The molecular weight excluding hydrogens is 364 g/mol. The highest BCUT2D eigenvalue weighted by molar-refractivity contribution is 5.93. The third-order valence-electron chi connectivity index (χ3n) is 4.80. The maximum absolute atomic E-state index is 12.1. The second-order valence-electron chi connectivity index (χ2n) is 7.25. The van der Waals surface area contributed by atoms with E-state index < -0.39 is 5.91 Å². The number of hydrogen-bond donors (Lipinski definition) is 1. The Hall–Kier alpha value is -3.74. The van der Waals surface area contributed by atoms with E-state index in [-0.39, 0.29) is 6.04 Å². The van der Waals surface area contributed by atoms with E-state index in [9.17, 15) is 4.79 Å². The van der Waals surface area contributed by atoms with Gasteiger partial charge in [-0.3, -0.25) is 9.36 Å². The fourth-order valence-electron chi connectivity index (χ4n) is 3.23. The Labute approximate surface area is 168 Å². The van der Waals surface area contributed by atoms with E-state index >= 15 is 0 Å². The SMILES string of the molecule is Cc1ccc(-c2cc(C(N)=O)n(-c3cccc(-c4nncn4C(C)C)n3)c2)cc1. The smallest absolute Gasteiger partial charge is 0.265 e. The Bertz CT molecular complexity index is 1170. The molecular formula is C22H22N6O. The second-order valence-corrected chi connectivity index (χ2v) is 7.25. The van der Waals surface area contributed by atoms with Crippen LogP contribution in [0.4, 0.5) is 0 Å². The molecule has 0 aliphatic carbocycles. The van der Waals surface area contributed by atoms with Gasteiger partial charge in [-0.15, -0.1) is 10.2 Å². The quantitative estimate of drug-likeness (QED) is 0.565. The monoisotopic (exact) mass is 386 g/mol. The van der Waals surface area contributed by atoms with Crippen LogP contribution in [-0.2, 0) is 0 Å². The first-order valence-corrected chi connectivity index (χ1v) is 9.40. The minimum absolute atomic E-state index is 0.200. The zero-order chi connectivity index (χ0) is 20.5. The number of carbonyl (C=O) groups is 1. The van der Waals surface area contributed by atoms with E-state index in [2.05, 4.69) is 24.0 Å². The van der Waals surface area contributed by atoms with Gasteiger partial charge in [-0.05, 0) is 44.5 Å². The van der Waals surface area contributed by atoms with Crippen LogP contribution in [0.1, 0.15) is 35.9 Å². The number of benzene rings is 1. The van der Waals surface area contributed by atoms with E-state index in [1.165, 1.54) is 5.56 Å². The molecule has 4 rings (SSSR count). The van der Waals surface area contributed by atoms with Gasteiger partial charge >= 0.3 is 0 Å². The van der Waals surface area contributed by atoms with Crippen LogP contribution in [0.5, 0.6) is 0 Å². The lowest BCUT2D eigenvalue weighted by atomic mass is 10.1. The molecule has 0 aliphatic heterocycles. The Kier molecular flexibility index (Phi) is 4.72. The standard InChI is InChI=1S/C22H22N6O/c1-14(2)28-13-24-26-22(28)18-5-4-6-20(25-18)27-12-17(11-19(27)21(23)29)16-9-7-15(3)8-10-16/h4-14H,1-3H3,(H2,23,29). The lowest BCUT2D eigenvalue weighted by Crippen LogP contribution is -2.16. The molecule has 4 aromatic rings. The molecule has 0 saturated carbocycles. The molecule has 7 nitrogen and oxygen atoms in total. The summed E-state index contributed by atoms with van der Waals surface area (Å²) in [6.07, 6.45) is 3.57. The Balaban J connectivity index is 1.81. The van der Waals surface area contributed by atoms with Gasteiger partial charge in [0.05, 0.1) is 0 Å². The number of nitrogens with zero attached hydrogens (tertiary/aromatic N) is 5. The summed E-state index contributed by atoms with van der Waals surface area (Å²) >= 11 is 0. The maximum atomic E-state index is 12.1. The average Bonchev–Trinajstić information content (AvgIpc) is 3.36. The van der Waals surface area contributed by atoms with Gasteiger partial charge in [0.1, 0.15) is 23.5 Å². The molecule has 0 spiro atoms. The zero-order valence-electron chi connectivity index (χ0n) is 16.6. The van der Waals surface area contributed by atoms with Crippen molar-refractivity contribution in [3.05, 3.63) is 72.3 Å². The number of carbonyl (C=O) groups excluding carboxylic acids is 1. The number of hydrogen-bond acceptors (Lipinski definition) is 4. The number of nitrogens with two attached hydrogens (primary N) is 1. The summed E-state index contributed by atoms with van der Waals surface area (Å²) in [5.41, 5.74) is 9.78. The fourth-order valence-corrected chi connectivity index (χ4v) is 3.23. The molecule has 3 heterocycles. The third-order valence-corrected chi connectivity index (χ3v) is 4.80. The first kappa shape index (κ1) is 18.6. The minimum Gasteiger partial charge on any atom is -0.364 e. The highest BCUT2D eigenvalue weighted by Gasteiger charge is 2.16. The van der Waals surface area contributed by atoms with E-state index in [0.29, 0.717) is 23.0 Å². The van der Waals surface area contributed by atoms with Crippen molar-refractivity contribution >= 4 is 5.91 Å². The lowest BCUT2D eigenvalue weighted by Gasteiger charge is -2.11. The molecule has 0 radical (unpaired) electrons. The molecule has 0 aliphatic rings. The normalized spacial score (nSPS) is 11.2. The molecule has 0 unspecified atom stereocenters. The Morgan fingerprint density at radius 2 is 1.83 bits per heavy atom. The van der Waals surface area contributed by atoms with Gasteiger partial charge in [-0.1, -0.05) is 35.9 Å². The molecule has 7 heteroatoms. The van der Waals surface area contributed by atoms with Gasteiger partial charge in [0.25, 0.3) is 5.91 Å². The largest absolute Gasteiger partial charge is 0.364 e. The van der Waals surface area contributed by atoms with Crippen molar-refractivity contribution in [1.82, 2.24) is 24.3 Å². The van der Waals surface area contributed by atoms with E-state index in [0.717, 1.165) is 11.1 Å². The number of rotatable bonds is 5. The zero-order valence-corrected chi connectivity index (χ0v) is 16.6. The molecule has 29 heavy (non-hydrogen) atoms. The van der Waals surface area contributed by atoms with Gasteiger partial charge < -0.3 is 10.3 Å². The van der Waals surface area contributed by atoms with Gasteiger partial charge in [-0.2, -0.15) is 0 Å². The van der Waals surface area contributed by atoms with Crippen LogP contribution in [0.25, 0.3) is 28.5 Å². The summed E-state index contributed by atoms with van der Waals surface area (Å²) in [6.45, 7) is 6.15. The van der Waals surface area contributed by atoms with Crippen LogP contribution in [-0.4, -0.2) is 30.2 Å². The Morgan fingerprint density at radius 1 is 1.07 bits per heavy atom. The minimum atomic E-state index is -0.513. The number of aryl methyl sites for hydroxylation is 1. The first-order chi connectivity index (χ1) is 13.9. The van der Waals surface area contributed by atoms with Crippen molar-refractivity contribution in [3.63, 3.8) is 0 Å². The predicted molar refractivity (Wildman–Crippen MR) is 112 cm³/mol. The summed E-state index contributed by atoms with van der Waals surface area (Å²) in [4.78, 5) is 16.8. The second kappa shape index (κ2) is 7.35. The van der Waals surface area contributed by atoms with Crippen molar-refractivity contribution in [2.45, 2.75) is 26.8 Å². The van der Waals surface area contributed by atoms with Gasteiger partial charge in [0, 0.05) is 17.8 Å². The maximum Gasteiger partial charge on any atom is 0.265 e. The number of primary amides is 1. The third kappa shape index (κ3) is 3.54. The van der Waals surface area contributed by atoms with E-state index in [4.69, 9.17) is 10.7 Å². The summed E-state index contributed by atoms with van der Waals surface area (Å²) in [6, 6.07) is 15.7. The predicted octanol–water partition coefficient (Wildman–Crippen LogP) is 3.79. The molecule has 146 valence electrons. The summed E-state index contributed by atoms with van der Waals surface area (Å²) in [5.74, 6) is 0.752. The number of aromatic nitrogens is 5. The molecule has 0 bridgehead atoms. The molecule has 2 N–H and O–H groups in total. The van der Waals surface area contributed by atoms with Crippen LogP contribution >= 0.6 is 0 Å². The van der Waals surface area contributed by atoms with Crippen LogP contribution in [0.2, 0.25) is 0 Å². The van der Waals surface area contributed by atoms with Gasteiger partial charge in [0.15, 0.2) is 5.82 Å². The van der Waals surface area contributed by atoms with Gasteiger partial charge in [-0.25, -0.2) is 4.98 Å². The Morgan fingerprint density at radius 3 is 2.52 bits per heavy atom. The average molecular weight is 386 g/mol. The van der Waals surface area contributed by atoms with Crippen molar-refractivity contribution in [2.75, 3.05) is 0 Å². The first-order valence-electron chi connectivity index (χ1n) is 9.40. The summed E-state index contributed by atoms with van der Waals surface area (Å²) < 4.78 is 3.67. The van der Waals surface area contributed by atoms with Crippen molar-refractivity contribution in [1.29, 1.82) is 0 Å². The number of amides is 1. The van der Waals surface area contributed by atoms with Crippen molar-refractivity contribution in [2.24, 2.45) is 5.73 Å². The van der Waals surface area contributed by atoms with Crippen molar-refractivity contribution in [3.8, 4) is 28.5 Å². The highest BCUT2D eigenvalue weighted by Crippen LogP contribution is 2.26. The number of pyridine rings is 1.